The number of non-ortho nitro benzene ring substituents is 1. The molecule has 0 aliphatic rings. The largest absolute Gasteiger partial charge is 0.395 e. The van der Waals surface area contributed by atoms with Gasteiger partial charge in [0.2, 0.25) is 10.0 Å². The lowest BCUT2D eigenvalue weighted by molar-refractivity contribution is -0.384. The van der Waals surface area contributed by atoms with Gasteiger partial charge >= 0.3 is 0 Å². The van der Waals surface area contributed by atoms with Gasteiger partial charge in [-0.05, 0) is 6.07 Å². The minimum atomic E-state index is -3.91. The van der Waals surface area contributed by atoms with Crippen molar-refractivity contribution < 1.29 is 22.8 Å². The lowest BCUT2D eigenvalue weighted by Crippen LogP contribution is -2.19. The van der Waals surface area contributed by atoms with E-state index in [-0.39, 0.29) is 0 Å². The number of hydrogen-bond donors (Lipinski definition) is 2. The van der Waals surface area contributed by atoms with Gasteiger partial charge < -0.3 is 5.11 Å². The Morgan fingerprint density at radius 2 is 2.12 bits per heavy atom. The highest BCUT2D eigenvalue weighted by Crippen LogP contribution is 2.22. The van der Waals surface area contributed by atoms with E-state index in [2.05, 4.69) is 0 Å². The summed E-state index contributed by atoms with van der Waals surface area (Å²) in [7, 11) is -3.91. The first-order chi connectivity index (χ1) is 7.85. The van der Waals surface area contributed by atoms with E-state index in [1.807, 2.05) is 4.72 Å². The Bertz CT molecular complexity index is 531. The van der Waals surface area contributed by atoms with Gasteiger partial charge in [-0.3, -0.25) is 14.8 Å². The third kappa shape index (κ3) is 3.64. The summed E-state index contributed by atoms with van der Waals surface area (Å²) in [5.74, 6) is -1.55. The molecular weight excluding hydrogens is 255 g/mol. The molecule has 0 radical (unpaired) electrons. The number of benzene rings is 1. The molecule has 0 aliphatic carbocycles. The van der Waals surface area contributed by atoms with Gasteiger partial charge in [-0.1, -0.05) is 0 Å². The average molecular weight is 264 g/mol. The summed E-state index contributed by atoms with van der Waals surface area (Å²) in [5, 5.41) is 18.9. The maximum atomic E-state index is 13.2. The summed E-state index contributed by atoms with van der Waals surface area (Å²) in [6, 6.07) is 2.47. The number of halogens is 1. The molecule has 0 bridgehead atoms. The van der Waals surface area contributed by atoms with Crippen LogP contribution in [-0.2, 0) is 10.0 Å². The molecule has 1 aromatic rings. The molecule has 0 saturated carbocycles. The number of anilines is 1. The molecule has 17 heavy (non-hydrogen) atoms. The molecule has 0 fully saturated rings. The molecule has 0 saturated heterocycles. The smallest absolute Gasteiger partial charge is 0.271 e. The number of hydrogen-bond acceptors (Lipinski definition) is 5. The van der Waals surface area contributed by atoms with Crippen LogP contribution >= 0.6 is 0 Å². The van der Waals surface area contributed by atoms with E-state index < -0.39 is 44.5 Å². The van der Waals surface area contributed by atoms with Crippen molar-refractivity contribution in [3.63, 3.8) is 0 Å². The molecule has 0 atom stereocenters. The van der Waals surface area contributed by atoms with Crippen LogP contribution < -0.4 is 4.72 Å². The van der Waals surface area contributed by atoms with Crippen molar-refractivity contribution in [1.82, 2.24) is 0 Å². The van der Waals surface area contributed by atoms with E-state index in [1.54, 1.807) is 0 Å². The molecule has 1 rings (SSSR count). The Morgan fingerprint density at radius 3 is 2.65 bits per heavy atom. The highest BCUT2D eigenvalue weighted by atomic mass is 32.2. The fraction of sp³-hybridized carbons (Fsp3) is 0.250. The lowest BCUT2D eigenvalue weighted by Gasteiger charge is -2.07. The van der Waals surface area contributed by atoms with Crippen LogP contribution in [0.2, 0.25) is 0 Å². The Morgan fingerprint density at radius 1 is 1.47 bits per heavy atom. The SMILES string of the molecule is O=[N+]([O-])c1ccc(F)c(NS(=O)(=O)CCO)c1. The molecule has 7 nitrogen and oxygen atoms in total. The summed E-state index contributed by atoms with van der Waals surface area (Å²) in [6.45, 7) is -0.633. The second-order valence-electron chi connectivity index (χ2n) is 3.07. The van der Waals surface area contributed by atoms with Crippen molar-refractivity contribution >= 4 is 21.4 Å². The molecule has 0 unspecified atom stereocenters. The van der Waals surface area contributed by atoms with Crippen LogP contribution in [-0.4, -0.2) is 30.8 Å². The van der Waals surface area contributed by atoms with Gasteiger partial charge in [0.25, 0.3) is 5.69 Å². The van der Waals surface area contributed by atoms with Crippen molar-refractivity contribution in [2.75, 3.05) is 17.1 Å². The highest BCUT2D eigenvalue weighted by Gasteiger charge is 2.16. The number of sulfonamides is 1. The molecule has 0 heterocycles. The van der Waals surface area contributed by atoms with E-state index in [9.17, 15) is 22.9 Å². The topological polar surface area (TPSA) is 110 Å². The first kappa shape index (κ1) is 13.3. The summed E-state index contributed by atoms with van der Waals surface area (Å²) in [4.78, 5) is 9.65. The Kier molecular flexibility index (Phi) is 3.97. The van der Waals surface area contributed by atoms with Gasteiger partial charge in [-0.25, -0.2) is 12.8 Å². The predicted molar refractivity (Wildman–Crippen MR) is 57.5 cm³/mol. The fourth-order valence-electron chi connectivity index (χ4n) is 1.04. The lowest BCUT2D eigenvalue weighted by atomic mass is 10.3. The number of nitro groups is 1. The molecular formula is C8H9FN2O5S. The zero-order valence-corrected chi connectivity index (χ0v) is 9.28. The maximum Gasteiger partial charge on any atom is 0.271 e. The molecule has 0 aromatic heterocycles. The summed E-state index contributed by atoms with van der Waals surface area (Å²) < 4.78 is 37.5. The van der Waals surface area contributed by atoms with Crippen LogP contribution in [0.15, 0.2) is 18.2 Å². The summed E-state index contributed by atoms with van der Waals surface area (Å²) in [5.41, 5.74) is -0.958. The minimum Gasteiger partial charge on any atom is -0.395 e. The molecule has 2 N–H and O–H groups in total. The van der Waals surface area contributed by atoms with Crippen LogP contribution in [0.4, 0.5) is 15.8 Å². The van der Waals surface area contributed by atoms with Crippen LogP contribution in [0.25, 0.3) is 0 Å². The Labute approximate surface area is 96.1 Å². The van der Waals surface area contributed by atoms with Gasteiger partial charge in [0.1, 0.15) is 5.82 Å². The first-order valence-corrected chi connectivity index (χ1v) is 6.06. The van der Waals surface area contributed by atoms with Crippen LogP contribution in [0.1, 0.15) is 0 Å². The number of nitrogens with one attached hydrogen (secondary N) is 1. The maximum absolute atomic E-state index is 13.2. The summed E-state index contributed by atoms with van der Waals surface area (Å²) in [6.07, 6.45) is 0. The second kappa shape index (κ2) is 5.06. The molecule has 0 spiro atoms. The van der Waals surface area contributed by atoms with E-state index >= 15 is 0 Å². The van der Waals surface area contributed by atoms with Crippen molar-refractivity contribution in [1.29, 1.82) is 0 Å². The van der Waals surface area contributed by atoms with Crippen LogP contribution in [0.5, 0.6) is 0 Å². The van der Waals surface area contributed by atoms with E-state index in [1.165, 1.54) is 0 Å². The highest BCUT2D eigenvalue weighted by molar-refractivity contribution is 7.92. The normalized spacial score (nSPS) is 11.2. The van der Waals surface area contributed by atoms with Gasteiger partial charge in [0.05, 0.1) is 23.0 Å². The second-order valence-corrected chi connectivity index (χ2v) is 4.91. The third-order valence-electron chi connectivity index (χ3n) is 1.79. The molecule has 0 amide bonds. The molecule has 9 heteroatoms. The zero-order valence-electron chi connectivity index (χ0n) is 8.46. The van der Waals surface area contributed by atoms with E-state index in [0.29, 0.717) is 0 Å². The van der Waals surface area contributed by atoms with Gasteiger partial charge in [0.15, 0.2) is 0 Å². The summed E-state index contributed by atoms with van der Waals surface area (Å²) >= 11 is 0. The van der Waals surface area contributed by atoms with Crippen LogP contribution in [0, 0.1) is 15.9 Å². The van der Waals surface area contributed by atoms with Gasteiger partial charge in [-0.2, -0.15) is 0 Å². The van der Waals surface area contributed by atoms with Crippen molar-refractivity contribution in [2.24, 2.45) is 0 Å². The standard InChI is InChI=1S/C8H9FN2O5S/c9-7-2-1-6(11(13)14)5-8(7)10-17(15,16)4-3-12/h1-2,5,10,12H,3-4H2. The number of nitro benzene ring substituents is 1. The number of rotatable bonds is 5. The predicted octanol–water partition coefficient (Wildman–Crippen LogP) is 0.468. The fourth-order valence-corrected chi connectivity index (χ4v) is 1.88. The van der Waals surface area contributed by atoms with Crippen molar-refractivity contribution in [3.05, 3.63) is 34.1 Å². The Balaban J connectivity index is 3.06. The van der Waals surface area contributed by atoms with Crippen molar-refractivity contribution in [2.45, 2.75) is 0 Å². The van der Waals surface area contributed by atoms with Crippen molar-refractivity contribution in [3.8, 4) is 0 Å². The first-order valence-electron chi connectivity index (χ1n) is 4.41. The molecule has 1 aromatic carbocycles. The van der Waals surface area contributed by atoms with E-state index in [4.69, 9.17) is 5.11 Å². The monoisotopic (exact) mass is 264 g/mol. The molecule has 94 valence electrons. The molecule has 0 aliphatic heterocycles. The zero-order chi connectivity index (χ0) is 13.1. The minimum absolute atomic E-state index is 0.437. The Hall–Kier alpha value is -1.74. The average Bonchev–Trinajstić information content (AvgIpc) is 2.20. The third-order valence-corrected chi connectivity index (χ3v) is 3.04. The van der Waals surface area contributed by atoms with E-state index in [0.717, 1.165) is 18.2 Å². The number of nitrogens with zero attached hydrogens (tertiary/aromatic N) is 1. The quantitative estimate of drug-likeness (QED) is 0.593. The van der Waals surface area contributed by atoms with Crippen LogP contribution in [0.3, 0.4) is 0 Å². The van der Waals surface area contributed by atoms with Gasteiger partial charge in [0, 0.05) is 12.1 Å². The van der Waals surface area contributed by atoms with Gasteiger partial charge in [-0.15, -0.1) is 0 Å². The number of aliphatic hydroxyl groups excluding tert-OH is 1. The number of aliphatic hydroxyl groups is 1.